The summed E-state index contributed by atoms with van der Waals surface area (Å²) in [6.07, 6.45) is 4.75. The van der Waals surface area contributed by atoms with Gasteiger partial charge in [0.2, 0.25) is 0 Å². The van der Waals surface area contributed by atoms with Gasteiger partial charge >= 0.3 is 0 Å². The molecule has 1 fully saturated rings. The first-order valence-corrected chi connectivity index (χ1v) is 7.16. The molecule has 1 aromatic rings. The molecular formula is C14H24N4O. The Morgan fingerprint density at radius 1 is 1.42 bits per heavy atom. The molecule has 0 spiro atoms. The van der Waals surface area contributed by atoms with Gasteiger partial charge in [0.25, 0.3) is 0 Å². The lowest BCUT2D eigenvalue weighted by atomic mass is 10.1. The molecule has 1 aliphatic rings. The van der Waals surface area contributed by atoms with Crippen LogP contribution in [0.25, 0.3) is 0 Å². The summed E-state index contributed by atoms with van der Waals surface area (Å²) >= 11 is 0. The molecule has 19 heavy (non-hydrogen) atoms. The van der Waals surface area contributed by atoms with E-state index in [4.69, 9.17) is 4.74 Å². The molecule has 2 heterocycles. The Kier molecular flexibility index (Phi) is 4.96. The zero-order chi connectivity index (χ0) is 13.7. The van der Waals surface area contributed by atoms with E-state index in [9.17, 15) is 0 Å². The highest BCUT2D eigenvalue weighted by atomic mass is 16.5. The third kappa shape index (κ3) is 3.15. The number of rotatable bonds is 6. The number of anilines is 2. The van der Waals surface area contributed by atoms with E-state index in [0.717, 1.165) is 50.7 Å². The molecule has 1 unspecified atom stereocenters. The lowest BCUT2D eigenvalue weighted by molar-refractivity contribution is 0.193. The van der Waals surface area contributed by atoms with Gasteiger partial charge in [-0.05, 0) is 19.3 Å². The van der Waals surface area contributed by atoms with Crippen molar-refractivity contribution in [3.8, 4) is 0 Å². The quantitative estimate of drug-likeness (QED) is 0.852. The number of nitrogens with one attached hydrogen (secondary N) is 1. The average molecular weight is 264 g/mol. The number of nitrogens with zero attached hydrogens (tertiary/aromatic N) is 3. The summed E-state index contributed by atoms with van der Waals surface area (Å²) in [5.41, 5.74) is 1.20. The van der Waals surface area contributed by atoms with Crippen LogP contribution in [0.1, 0.15) is 32.3 Å². The van der Waals surface area contributed by atoms with Crippen molar-refractivity contribution in [2.45, 2.75) is 39.2 Å². The summed E-state index contributed by atoms with van der Waals surface area (Å²) in [5.74, 6) is 2.01. The molecule has 0 aliphatic carbocycles. The highest BCUT2D eigenvalue weighted by molar-refractivity contribution is 5.59. The SMILES string of the molecule is CCCNc1ncnc(N(C)C2CCOC2)c1CC. The molecule has 0 saturated carbocycles. The van der Waals surface area contributed by atoms with Crippen LogP contribution in [0.3, 0.4) is 0 Å². The molecule has 2 rings (SSSR count). The van der Waals surface area contributed by atoms with E-state index in [1.807, 2.05) is 0 Å². The molecular weight excluding hydrogens is 240 g/mol. The van der Waals surface area contributed by atoms with Gasteiger partial charge in [0.05, 0.1) is 12.6 Å². The first-order chi connectivity index (χ1) is 9.27. The van der Waals surface area contributed by atoms with E-state index < -0.39 is 0 Å². The van der Waals surface area contributed by atoms with Crippen LogP contribution in [0, 0.1) is 0 Å². The Labute approximate surface area is 115 Å². The predicted octanol–water partition coefficient (Wildman–Crippen LogP) is 2.09. The van der Waals surface area contributed by atoms with Crippen LogP contribution in [0.2, 0.25) is 0 Å². The van der Waals surface area contributed by atoms with Gasteiger partial charge < -0.3 is 15.0 Å². The lowest BCUT2D eigenvalue weighted by Gasteiger charge is -2.27. The Morgan fingerprint density at radius 2 is 2.26 bits per heavy atom. The van der Waals surface area contributed by atoms with Gasteiger partial charge in [0.1, 0.15) is 18.0 Å². The van der Waals surface area contributed by atoms with Crippen molar-refractivity contribution < 1.29 is 4.74 Å². The number of hydrogen-bond acceptors (Lipinski definition) is 5. The minimum atomic E-state index is 0.430. The van der Waals surface area contributed by atoms with E-state index >= 15 is 0 Å². The predicted molar refractivity (Wildman–Crippen MR) is 77.8 cm³/mol. The maximum atomic E-state index is 5.47. The van der Waals surface area contributed by atoms with Crippen LogP contribution < -0.4 is 10.2 Å². The van der Waals surface area contributed by atoms with Crippen molar-refractivity contribution in [1.82, 2.24) is 9.97 Å². The fourth-order valence-corrected chi connectivity index (χ4v) is 2.43. The van der Waals surface area contributed by atoms with Crippen molar-refractivity contribution in [1.29, 1.82) is 0 Å². The van der Waals surface area contributed by atoms with Crippen LogP contribution in [0.5, 0.6) is 0 Å². The summed E-state index contributed by atoms with van der Waals surface area (Å²) in [7, 11) is 2.10. The number of aromatic nitrogens is 2. The summed E-state index contributed by atoms with van der Waals surface area (Å²) in [5, 5.41) is 3.39. The maximum absolute atomic E-state index is 5.47. The summed E-state index contributed by atoms with van der Waals surface area (Å²) in [6.45, 7) is 6.89. The van der Waals surface area contributed by atoms with Gasteiger partial charge in [0.15, 0.2) is 0 Å². The van der Waals surface area contributed by atoms with Crippen molar-refractivity contribution in [2.24, 2.45) is 0 Å². The van der Waals surface area contributed by atoms with Crippen LogP contribution in [0.15, 0.2) is 6.33 Å². The van der Waals surface area contributed by atoms with Gasteiger partial charge in [-0.2, -0.15) is 0 Å². The molecule has 1 atom stereocenters. The Morgan fingerprint density at radius 3 is 2.89 bits per heavy atom. The van der Waals surface area contributed by atoms with E-state index in [1.165, 1.54) is 5.56 Å². The fourth-order valence-electron chi connectivity index (χ4n) is 2.43. The van der Waals surface area contributed by atoms with Crippen LogP contribution >= 0.6 is 0 Å². The first kappa shape index (κ1) is 14.1. The van der Waals surface area contributed by atoms with E-state index in [0.29, 0.717) is 6.04 Å². The number of likely N-dealkylation sites (N-methyl/N-ethyl adjacent to an activating group) is 1. The highest BCUT2D eigenvalue weighted by Gasteiger charge is 2.24. The second kappa shape index (κ2) is 6.70. The van der Waals surface area contributed by atoms with Crippen LogP contribution in [-0.2, 0) is 11.2 Å². The first-order valence-electron chi connectivity index (χ1n) is 7.16. The fraction of sp³-hybridized carbons (Fsp3) is 0.714. The molecule has 1 aliphatic heterocycles. The van der Waals surface area contributed by atoms with Crippen LogP contribution in [-0.4, -0.2) is 42.8 Å². The minimum absolute atomic E-state index is 0.430. The van der Waals surface area contributed by atoms with Gasteiger partial charge in [-0.3, -0.25) is 0 Å². The van der Waals surface area contributed by atoms with Crippen molar-refractivity contribution >= 4 is 11.6 Å². The number of ether oxygens (including phenoxy) is 1. The standard InChI is InChI=1S/C14H24N4O/c1-4-7-15-13-12(5-2)14(17-10-16-13)18(3)11-6-8-19-9-11/h10-11H,4-9H2,1-3H3,(H,15,16,17). The Balaban J connectivity index is 2.22. The van der Waals surface area contributed by atoms with E-state index in [2.05, 4.69) is 41.1 Å². The molecule has 1 N–H and O–H groups in total. The smallest absolute Gasteiger partial charge is 0.137 e. The number of hydrogen-bond donors (Lipinski definition) is 1. The summed E-state index contributed by atoms with van der Waals surface area (Å²) in [4.78, 5) is 11.1. The van der Waals surface area contributed by atoms with E-state index in [1.54, 1.807) is 6.33 Å². The topological polar surface area (TPSA) is 50.3 Å². The Bertz CT molecular complexity index is 404. The second-order valence-corrected chi connectivity index (χ2v) is 4.93. The average Bonchev–Trinajstić information content (AvgIpc) is 2.97. The largest absolute Gasteiger partial charge is 0.379 e. The zero-order valence-corrected chi connectivity index (χ0v) is 12.1. The molecule has 0 amide bonds. The molecule has 0 radical (unpaired) electrons. The third-order valence-corrected chi connectivity index (χ3v) is 3.61. The maximum Gasteiger partial charge on any atom is 0.137 e. The molecule has 106 valence electrons. The van der Waals surface area contributed by atoms with E-state index in [-0.39, 0.29) is 0 Å². The molecule has 5 heteroatoms. The van der Waals surface area contributed by atoms with Crippen molar-refractivity contribution in [3.05, 3.63) is 11.9 Å². The molecule has 0 bridgehead atoms. The van der Waals surface area contributed by atoms with Crippen molar-refractivity contribution in [3.63, 3.8) is 0 Å². The molecule has 1 saturated heterocycles. The minimum Gasteiger partial charge on any atom is -0.379 e. The molecule has 5 nitrogen and oxygen atoms in total. The second-order valence-electron chi connectivity index (χ2n) is 4.93. The Hall–Kier alpha value is -1.36. The van der Waals surface area contributed by atoms with Gasteiger partial charge in [-0.1, -0.05) is 13.8 Å². The monoisotopic (exact) mass is 264 g/mol. The van der Waals surface area contributed by atoms with Crippen molar-refractivity contribution in [2.75, 3.05) is 37.0 Å². The summed E-state index contributed by atoms with van der Waals surface area (Å²) < 4.78 is 5.47. The summed E-state index contributed by atoms with van der Waals surface area (Å²) in [6, 6.07) is 0.430. The third-order valence-electron chi connectivity index (χ3n) is 3.61. The van der Waals surface area contributed by atoms with Gasteiger partial charge in [-0.15, -0.1) is 0 Å². The lowest BCUT2D eigenvalue weighted by Crippen LogP contribution is -2.33. The van der Waals surface area contributed by atoms with Gasteiger partial charge in [-0.25, -0.2) is 9.97 Å². The molecule has 0 aromatic carbocycles. The van der Waals surface area contributed by atoms with Gasteiger partial charge in [0, 0.05) is 25.8 Å². The normalized spacial score (nSPS) is 18.6. The highest BCUT2D eigenvalue weighted by Crippen LogP contribution is 2.26. The van der Waals surface area contributed by atoms with Crippen LogP contribution in [0.4, 0.5) is 11.6 Å². The zero-order valence-electron chi connectivity index (χ0n) is 12.1. The molecule has 1 aromatic heterocycles.